The molecule has 0 unspecified atom stereocenters. The quantitative estimate of drug-likeness (QED) is 0.110. The van der Waals surface area contributed by atoms with Crippen molar-refractivity contribution in [2.24, 2.45) is 0 Å². The molecule has 0 aliphatic heterocycles. The van der Waals surface area contributed by atoms with Gasteiger partial charge in [0.2, 0.25) is 0 Å². The van der Waals surface area contributed by atoms with Gasteiger partial charge in [0.1, 0.15) is 0 Å². The summed E-state index contributed by atoms with van der Waals surface area (Å²) in [6.07, 6.45) is 3.64. The smallest absolute Gasteiger partial charge is 0.164 e. The van der Waals surface area contributed by atoms with E-state index in [2.05, 4.69) is 96.0 Å². The monoisotopic (exact) mass is 1080 g/mol. The minimum atomic E-state index is 0.559. The Hall–Kier alpha value is -11.6. The molecule has 0 saturated heterocycles. The van der Waals surface area contributed by atoms with Crippen molar-refractivity contribution in [3.63, 3.8) is 0 Å². The molecule has 10 nitrogen and oxygen atoms in total. The van der Waals surface area contributed by atoms with Crippen molar-refractivity contribution in [2.45, 2.75) is 0 Å². The van der Waals surface area contributed by atoms with E-state index in [1.54, 1.807) is 0 Å². The Labute approximate surface area is 485 Å². The molecule has 4 heterocycles. The third-order valence-electron chi connectivity index (χ3n) is 14.5. The van der Waals surface area contributed by atoms with Crippen molar-refractivity contribution in [2.75, 3.05) is 0 Å². The molecule has 0 amide bonds. The van der Waals surface area contributed by atoms with Crippen LogP contribution in [-0.4, -0.2) is 49.8 Å². The Morgan fingerprint density at radius 2 is 0.333 bits per heavy atom. The molecule has 394 valence electrons. The Morgan fingerprint density at radius 1 is 0.131 bits per heavy atom. The second kappa shape index (κ2) is 22.9. The topological polar surface area (TPSA) is 129 Å². The van der Waals surface area contributed by atoms with Crippen LogP contribution in [0.3, 0.4) is 0 Å². The van der Waals surface area contributed by atoms with E-state index in [4.69, 9.17) is 44.9 Å². The van der Waals surface area contributed by atoms with Crippen molar-refractivity contribution in [1.29, 1.82) is 0 Å². The first kappa shape index (κ1) is 50.6. The molecular weight excluding hydrogens is 1030 g/mol. The summed E-state index contributed by atoms with van der Waals surface area (Å²) in [7, 11) is 0. The lowest BCUT2D eigenvalue weighted by atomic mass is 9.94. The van der Waals surface area contributed by atoms with Crippen LogP contribution in [0, 0.1) is 0 Å². The van der Waals surface area contributed by atoms with Crippen LogP contribution in [0.25, 0.3) is 147 Å². The molecule has 0 saturated carbocycles. The van der Waals surface area contributed by atoms with E-state index in [1.807, 2.05) is 200 Å². The minimum Gasteiger partial charge on any atom is -0.265 e. The molecule has 4 aromatic heterocycles. The lowest BCUT2D eigenvalue weighted by molar-refractivity contribution is 1.07. The number of hydrogen-bond donors (Lipinski definition) is 0. The van der Waals surface area contributed by atoms with Crippen molar-refractivity contribution < 1.29 is 0 Å². The molecule has 0 aliphatic carbocycles. The molecule has 10 heteroatoms. The zero-order chi connectivity index (χ0) is 56.0. The molecule has 0 aliphatic rings. The van der Waals surface area contributed by atoms with Gasteiger partial charge >= 0.3 is 0 Å². The Morgan fingerprint density at radius 3 is 0.690 bits per heavy atom. The molecule has 0 radical (unpaired) electrons. The van der Waals surface area contributed by atoms with Crippen molar-refractivity contribution >= 4 is 0 Å². The van der Waals surface area contributed by atoms with Crippen LogP contribution in [0.4, 0.5) is 0 Å². The maximum atomic E-state index is 5.18. The average Bonchev–Trinajstić information content (AvgIpc) is 3.78. The first-order chi connectivity index (χ1) is 41.6. The molecule has 0 spiro atoms. The largest absolute Gasteiger partial charge is 0.265 e. The maximum Gasteiger partial charge on any atom is 0.164 e. The first-order valence-electron chi connectivity index (χ1n) is 27.6. The van der Waals surface area contributed by atoms with E-state index in [0.29, 0.717) is 52.4 Å². The van der Waals surface area contributed by atoms with Crippen molar-refractivity contribution in [3.05, 3.63) is 291 Å². The van der Waals surface area contributed by atoms with Crippen LogP contribution in [0.2, 0.25) is 0 Å². The van der Waals surface area contributed by atoms with Gasteiger partial charge in [0.25, 0.3) is 0 Å². The van der Waals surface area contributed by atoms with Crippen LogP contribution in [0.1, 0.15) is 0 Å². The standard InChI is InChI=1S/C74H48N10/c1-6-19-51(20-7-1)66-76-67(52-21-8-2-9-22-52)80-72(79-66)61-33-17-30-58(44-61)59-31-18-34-62(45-59)73-81-68(53-23-10-3-11-24-53)78-71(82-73)56-37-35-49(36-38-56)57-29-16-32-60(43-57)64-46-63(50-39-41-75-42-40-50)47-65(48-64)74-83-69(54-25-12-4-13-26-54)77-70(84-74)55-27-14-5-15-28-55/h1-48H. The van der Waals surface area contributed by atoms with Gasteiger partial charge in [-0.25, -0.2) is 44.9 Å². The Kier molecular flexibility index (Phi) is 13.8. The van der Waals surface area contributed by atoms with Gasteiger partial charge < -0.3 is 0 Å². The summed E-state index contributed by atoms with van der Waals surface area (Å²) in [6.45, 7) is 0. The molecule has 14 aromatic rings. The van der Waals surface area contributed by atoms with E-state index < -0.39 is 0 Å². The Bertz CT molecular complexity index is 4510. The third-order valence-corrected chi connectivity index (χ3v) is 14.5. The van der Waals surface area contributed by atoms with Crippen LogP contribution < -0.4 is 0 Å². The van der Waals surface area contributed by atoms with Crippen molar-refractivity contribution in [3.8, 4) is 147 Å². The third kappa shape index (κ3) is 10.9. The van der Waals surface area contributed by atoms with E-state index in [0.717, 1.165) is 94.6 Å². The van der Waals surface area contributed by atoms with E-state index in [-0.39, 0.29) is 0 Å². The predicted molar refractivity (Wildman–Crippen MR) is 335 cm³/mol. The van der Waals surface area contributed by atoms with E-state index in [9.17, 15) is 0 Å². The summed E-state index contributed by atoms with van der Waals surface area (Å²) in [5.74, 6) is 5.29. The summed E-state index contributed by atoms with van der Waals surface area (Å²) in [6, 6.07) is 94.4. The van der Waals surface area contributed by atoms with Crippen LogP contribution in [-0.2, 0) is 0 Å². The Balaban J connectivity index is 0.797. The average molecular weight is 1080 g/mol. The second-order valence-electron chi connectivity index (χ2n) is 20.1. The fraction of sp³-hybridized carbons (Fsp3) is 0. The van der Waals surface area contributed by atoms with Gasteiger partial charge in [-0.15, -0.1) is 0 Å². The highest BCUT2D eigenvalue weighted by Gasteiger charge is 2.18. The molecule has 84 heavy (non-hydrogen) atoms. The van der Waals surface area contributed by atoms with Gasteiger partial charge in [-0.3, -0.25) is 4.98 Å². The summed E-state index contributed by atoms with van der Waals surface area (Å²) in [5.41, 5.74) is 16.2. The molecule has 14 rings (SSSR count). The zero-order valence-corrected chi connectivity index (χ0v) is 45.2. The van der Waals surface area contributed by atoms with Gasteiger partial charge in [-0.05, 0) is 93.0 Å². The van der Waals surface area contributed by atoms with Crippen LogP contribution in [0.5, 0.6) is 0 Å². The second-order valence-corrected chi connectivity index (χ2v) is 20.1. The van der Waals surface area contributed by atoms with E-state index in [1.165, 1.54) is 0 Å². The SMILES string of the molecule is c1ccc(-c2nc(-c3ccccc3)nc(-c3cccc(-c4cccc(-c5nc(-c6ccccc6)nc(-c6ccc(-c7cccc(-c8cc(-c9ccncc9)cc(-c9nc(-c%10ccccc%10)nc(-c%10ccccc%10)n9)c8)c7)cc6)n5)c4)c3)n2)cc1. The molecule has 0 N–H and O–H groups in total. The number of hydrogen-bond acceptors (Lipinski definition) is 10. The normalized spacial score (nSPS) is 11.1. The van der Waals surface area contributed by atoms with Crippen LogP contribution in [0.15, 0.2) is 291 Å². The zero-order valence-electron chi connectivity index (χ0n) is 45.2. The van der Waals surface area contributed by atoms with Crippen molar-refractivity contribution in [1.82, 2.24) is 49.8 Å². The number of aromatic nitrogens is 10. The molecular formula is C74H48N10. The fourth-order valence-electron chi connectivity index (χ4n) is 10.2. The number of benzene rings is 10. The van der Waals surface area contributed by atoms with Gasteiger partial charge in [0.05, 0.1) is 0 Å². The van der Waals surface area contributed by atoms with Gasteiger partial charge in [-0.2, -0.15) is 0 Å². The summed E-state index contributed by atoms with van der Waals surface area (Å²) >= 11 is 0. The highest BCUT2D eigenvalue weighted by molar-refractivity contribution is 5.83. The molecule has 0 bridgehead atoms. The molecule has 0 fully saturated rings. The summed E-state index contributed by atoms with van der Waals surface area (Å²) < 4.78 is 0. The number of nitrogens with zero attached hydrogens (tertiary/aromatic N) is 10. The summed E-state index contributed by atoms with van der Waals surface area (Å²) in [4.78, 5) is 49.8. The van der Waals surface area contributed by atoms with Gasteiger partial charge in [0.15, 0.2) is 52.4 Å². The predicted octanol–water partition coefficient (Wildman–Crippen LogP) is 17.3. The first-order valence-corrected chi connectivity index (χ1v) is 27.6. The maximum absolute atomic E-state index is 5.18. The highest BCUT2D eigenvalue weighted by Crippen LogP contribution is 2.37. The minimum absolute atomic E-state index is 0.559. The van der Waals surface area contributed by atoms with Gasteiger partial charge in [-0.1, -0.05) is 231 Å². The lowest BCUT2D eigenvalue weighted by Crippen LogP contribution is -2.00. The van der Waals surface area contributed by atoms with Gasteiger partial charge in [0, 0.05) is 62.5 Å². The number of rotatable bonds is 13. The molecule has 10 aromatic carbocycles. The lowest BCUT2D eigenvalue weighted by Gasteiger charge is -2.13. The molecule has 0 atom stereocenters. The van der Waals surface area contributed by atoms with E-state index >= 15 is 0 Å². The number of pyridine rings is 1. The summed E-state index contributed by atoms with van der Waals surface area (Å²) in [5, 5.41) is 0. The van der Waals surface area contributed by atoms with Crippen LogP contribution >= 0.6 is 0 Å². The fourth-order valence-corrected chi connectivity index (χ4v) is 10.2. The highest BCUT2D eigenvalue weighted by atomic mass is 15.1.